The van der Waals surface area contributed by atoms with E-state index in [0.29, 0.717) is 31.5 Å². The van der Waals surface area contributed by atoms with Gasteiger partial charge in [-0.05, 0) is 54.7 Å². The van der Waals surface area contributed by atoms with Crippen molar-refractivity contribution in [3.05, 3.63) is 82.9 Å². The van der Waals surface area contributed by atoms with Crippen molar-refractivity contribution in [1.29, 1.82) is 0 Å². The van der Waals surface area contributed by atoms with Gasteiger partial charge in [0.15, 0.2) is 0 Å². The van der Waals surface area contributed by atoms with Crippen LogP contribution in [-0.2, 0) is 21.2 Å². The first-order valence-corrected chi connectivity index (χ1v) is 16.3. The number of carbonyl (C=O) groups is 2. The summed E-state index contributed by atoms with van der Waals surface area (Å²) >= 11 is 3.50. The van der Waals surface area contributed by atoms with Gasteiger partial charge in [0.05, 0.1) is 17.7 Å². The Hall–Kier alpha value is -3.39. The maximum absolute atomic E-state index is 13.5. The van der Waals surface area contributed by atoms with Crippen molar-refractivity contribution < 1.29 is 23.1 Å². The van der Waals surface area contributed by atoms with E-state index in [1.165, 1.54) is 47.2 Å². The van der Waals surface area contributed by atoms with Crippen molar-refractivity contribution in [2.75, 3.05) is 25.4 Å². The molecule has 2 aromatic carbocycles. The number of halogens is 1. The number of amides is 2. The first-order chi connectivity index (χ1) is 20.5. The summed E-state index contributed by atoms with van der Waals surface area (Å²) in [5, 5.41) is 15.8. The lowest BCUT2D eigenvalue weighted by atomic mass is 10.0. The van der Waals surface area contributed by atoms with E-state index >= 15 is 0 Å². The number of aliphatic hydroxyl groups is 1. The highest BCUT2D eigenvalue weighted by atomic mass is 79.9. The van der Waals surface area contributed by atoms with Gasteiger partial charge < -0.3 is 21.5 Å². The van der Waals surface area contributed by atoms with Gasteiger partial charge in [-0.1, -0.05) is 54.4 Å². The van der Waals surface area contributed by atoms with Crippen molar-refractivity contribution in [1.82, 2.24) is 24.9 Å². The Morgan fingerprint density at radius 2 is 1.79 bits per heavy atom. The van der Waals surface area contributed by atoms with Gasteiger partial charge in [0.2, 0.25) is 15.9 Å². The maximum Gasteiger partial charge on any atom is 0.272 e. The molecule has 0 saturated heterocycles. The quantitative estimate of drug-likeness (QED) is 0.133. The van der Waals surface area contributed by atoms with Gasteiger partial charge in [-0.25, -0.2) is 13.4 Å². The molecule has 13 heteroatoms. The standard InChI is InChI=1S/C30H39BrN6O5S/c1-21(2)19-37(43(41,42)25-12-10-23(32)11-13-25)24(20-38)8-5-6-14-35-29(39)27(17-22-7-3-4-9-26(22)31)36-30(40)28-18-33-15-16-34-28/h3-4,7,9-13,15-16,18,21,24,27,38H,5-6,8,14,17,19-20,32H2,1-2H3,(H,35,39)(H,36,40)/t24?,27-/m1/s1. The normalized spacial score (nSPS) is 13.1. The Labute approximate surface area is 261 Å². The lowest BCUT2D eigenvalue weighted by Crippen LogP contribution is -2.48. The molecule has 232 valence electrons. The first kappa shape index (κ1) is 34.1. The number of aromatic nitrogens is 2. The fourth-order valence-electron chi connectivity index (χ4n) is 4.49. The number of nitrogen functional groups attached to an aromatic ring is 1. The van der Waals surface area contributed by atoms with Gasteiger partial charge in [-0.15, -0.1) is 0 Å². The molecular formula is C30H39BrN6O5S. The van der Waals surface area contributed by atoms with E-state index in [2.05, 4.69) is 36.5 Å². The average molecular weight is 676 g/mol. The molecule has 5 N–H and O–H groups in total. The zero-order valence-corrected chi connectivity index (χ0v) is 26.7. The van der Waals surface area contributed by atoms with E-state index in [-0.39, 0.29) is 42.0 Å². The molecule has 0 aliphatic carbocycles. The molecule has 0 saturated carbocycles. The summed E-state index contributed by atoms with van der Waals surface area (Å²) in [4.78, 5) is 34.0. The van der Waals surface area contributed by atoms with Crippen molar-refractivity contribution >= 4 is 43.5 Å². The van der Waals surface area contributed by atoms with Crippen LogP contribution in [0.1, 0.15) is 49.2 Å². The lowest BCUT2D eigenvalue weighted by Gasteiger charge is -2.31. The molecule has 11 nitrogen and oxygen atoms in total. The van der Waals surface area contributed by atoms with Crippen molar-refractivity contribution in [3.8, 4) is 0 Å². The van der Waals surface area contributed by atoms with Gasteiger partial charge >= 0.3 is 0 Å². The Morgan fingerprint density at radius 3 is 2.42 bits per heavy atom. The summed E-state index contributed by atoms with van der Waals surface area (Å²) in [7, 11) is -3.86. The molecule has 0 aliphatic rings. The fourth-order valence-corrected chi connectivity index (χ4v) is 6.74. The highest BCUT2D eigenvalue weighted by Crippen LogP contribution is 2.23. The summed E-state index contributed by atoms with van der Waals surface area (Å²) in [6.45, 7) is 4.05. The molecular weight excluding hydrogens is 636 g/mol. The molecule has 0 bridgehead atoms. The topological polar surface area (TPSA) is 168 Å². The number of benzene rings is 2. The molecule has 3 rings (SSSR count). The molecule has 43 heavy (non-hydrogen) atoms. The molecule has 1 unspecified atom stereocenters. The highest BCUT2D eigenvalue weighted by molar-refractivity contribution is 9.10. The van der Waals surface area contributed by atoms with E-state index in [1.807, 2.05) is 38.1 Å². The smallest absolute Gasteiger partial charge is 0.272 e. The van der Waals surface area contributed by atoms with Crippen LogP contribution < -0.4 is 16.4 Å². The SMILES string of the molecule is CC(C)CN(C(CO)CCCCNC(=O)[C@@H](Cc1ccccc1Br)NC(=O)c1cnccn1)S(=O)(=O)c1ccc(N)cc1. The molecule has 1 heterocycles. The van der Waals surface area contributed by atoms with Gasteiger partial charge in [-0.3, -0.25) is 14.6 Å². The molecule has 0 fully saturated rings. The zero-order chi connectivity index (χ0) is 31.4. The van der Waals surface area contributed by atoms with Crippen LogP contribution in [0.3, 0.4) is 0 Å². The second-order valence-electron chi connectivity index (χ2n) is 10.6. The van der Waals surface area contributed by atoms with Crippen LogP contribution in [0, 0.1) is 5.92 Å². The summed E-state index contributed by atoms with van der Waals surface area (Å²) in [5.41, 5.74) is 7.14. The summed E-state index contributed by atoms with van der Waals surface area (Å²) in [5.74, 6) is -0.840. The van der Waals surface area contributed by atoms with Crippen molar-refractivity contribution in [2.45, 2.75) is 56.5 Å². The number of carbonyl (C=O) groups excluding carboxylic acids is 2. The predicted molar refractivity (Wildman–Crippen MR) is 168 cm³/mol. The third kappa shape index (κ3) is 10.1. The molecule has 0 spiro atoms. The number of aliphatic hydroxyl groups excluding tert-OH is 1. The Morgan fingerprint density at radius 1 is 1.07 bits per heavy atom. The van der Waals surface area contributed by atoms with E-state index < -0.39 is 28.0 Å². The maximum atomic E-state index is 13.5. The molecule has 2 amide bonds. The summed E-state index contributed by atoms with van der Waals surface area (Å²) in [6, 6.07) is 12.0. The fraction of sp³-hybridized carbons (Fsp3) is 0.400. The molecule has 3 aromatic rings. The minimum atomic E-state index is -3.86. The molecule has 2 atom stereocenters. The van der Waals surface area contributed by atoms with Gasteiger partial charge in [0.1, 0.15) is 11.7 Å². The zero-order valence-electron chi connectivity index (χ0n) is 24.3. The Balaban J connectivity index is 1.62. The second kappa shape index (κ2) is 16.5. The number of nitrogens with zero attached hydrogens (tertiary/aromatic N) is 3. The van der Waals surface area contributed by atoms with Crippen LogP contribution in [-0.4, -0.2) is 71.4 Å². The second-order valence-corrected chi connectivity index (χ2v) is 13.3. The summed E-state index contributed by atoms with van der Waals surface area (Å²) < 4.78 is 29.1. The number of nitrogens with two attached hydrogens (primary N) is 1. The average Bonchev–Trinajstić information content (AvgIpc) is 2.99. The Kier molecular flexibility index (Phi) is 13.1. The van der Waals surface area contributed by atoms with Crippen molar-refractivity contribution in [2.24, 2.45) is 5.92 Å². The van der Waals surface area contributed by atoms with Crippen LogP contribution >= 0.6 is 15.9 Å². The third-order valence-corrected chi connectivity index (χ3v) is 9.42. The number of anilines is 1. The van der Waals surface area contributed by atoms with Crippen LogP contribution in [0.5, 0.6) is 0 Å². The number of hydrogen-bond acceptors (Lipinski definition) is 8. The highest BCUT2D eigenvalue weighted by Gasteiger charge is 2.31. The number of sulfonamides is 1. The number of unbranched alkanes of at least 4 members (excludes halogenated alkanes) is 1. The molecule has 0 aliphatic heterocycles. The lowest BCUT2D eigenvalue weighted by molar-refractivity contribution is -0.122. The van der Waals surface area contributed by atoms with Crippen LogP contribution in [0.2, 0.25) is 0 Å². The van der Waals surface area contributed by atoms with Crippen LogP contribution in [0.15, 0.2) is 76.5 Å². The molecule has 1 aromatic heterocycles. The van der Waals surface area contributed by atoms with Crippen LogP contribution in [0.4, 0.5) is 5.69 Å². The largest absolute Gasteiger partial charge is 0.399 e. The monoisotopic (exact) mass is 674 g/mol. The van der Waals surface area contributed by atoms with E-state index in [1.54, 1.807) is 0 Å². The number of rotatable bonds is 16. The van der Waals surface area contributed by atoms with Gasteiger partial charge in [-0.2, -0.15) is 4.31 Å². The first-order valence-electron chi connectivity index (χ1n) is 14.1. The minimum Gasteiger partial charge on any atom is -0.399 e. The number of nitrogens with one attached hydrogen (secondary N) is 2. The van der Waals surface area contributed by atoms with Gasteiger partial charge in [0.25, 0.3) is 5.91 Å². The van der Waals surface area contributed by atoms with Crippen molar-refractivity contribution in [3.63, 3.8) is 0 Å². The summed E-state index contributed by atoms with van der Waals surface area (Å²) in [6.07, 6.45) is 5.93. The Bertz CT molecular complexity index is 1440. The van der Waals surface area contributed by atoms with E-state index in [9.17, 15) is 23.1 Å². The minimum absolute atomic E-state index is 0.0376. The third-order valence-electron chi connectivity index (χ3n) is 6.71. The van der Waals surface area contributed by atoms with Crippen LogP contribution in [0.25, 0.3) is 0 Å². The molecule has 0 radical (unpaired) electrons. The van der Waals surface area contributed by atoms with Gasteiger partial charge in [0, 0.05) is 48.1 Å². The van der Waals surface area contributed by atoms with E-state index in [0.717, 1.165) is 10.0 Å². The number of hydrogen-bond donors (Lipinski definition) is 4. The predicted octanol–water partition coefficient (Wildman–Crippen LogP) is 3.16. The van der Waals surface area contributed by atoms with E-state index in [4.69, 9.17) is 5.73 Å².